The van der Waals surface area contributed by atoms with E-state index in [0.717, 1.165) is 14.9 Å². The van der Waals surface area contributed by atoms with Gasteiger partial charge in [0.25, 0.3) is 5.91 Å². The van der Waals surface area contributed by atoms with E-state index in [1.165, 1.54) is 5.56 Å². The second-order valence-electron chi connectivity index (χ2n) is 3.93. The van der Waals surface area contributed by atoms with E-state index in [0.29, 0.717) is 12.1 Å². The van der Waals surface area contributed by atoms with Crippen LogP contribution in [-0.2, 0) is 6.54 Å². The van der Waals surface area contributed by atoms with Gasteiger partial charge in [0.1, 0.15) is 0 Å². The van der Waals surface area contributed by atoms with Crippen molar-refractivity contribution in [3.8, 4) is 0 Å². The Morgan fingerprint density at radius 2 is 2.22 bits per heavy atom. The number of hydrogen-bond acceptors (Lipinski definition) is 3. The summed E-state index contributed by atoms with van der Waals surface area (Å²) in [4.78, 5) is 12.8. The molecule has 0 aliphatic rings. The van der Waals surface area contributed by atoms with Crippen LogP contribution in [0.1, 0.15) is 21.5 Å². The topological polar surface area (TPSA) is 29.1 Å². The summed E-state index contributed by atoms with van der Waals surface area (Å²) in [7, 11) is 0. The Balaban J connectivity index is 2.08. The van der Waals surface area contributed by atoms with Crippen LogP contribution in [0.5, 0.6) is 0 Å². The average molecular weight is 342 g/mol. The number of carbonyl (C=O) groups is 1. The minimum atomic E-state index is -0.0941. The number of benzene rings is 1. The number of carbonyl (C=O) groups excluding carboxylic acids is 1. The van der Waals surface area contributed by atoms with Gasteiger partial charge in [-0.1, -0.05) is 0 Å². The van der Waals surface area contributed by atoms with E-state index in [9.17, 15) is 4.79 Å². The first-order valence-corrected chi connectivity index (χ1v) is 7.54. The van der Waals surface area contributed by atoms with Crippen molar-refractivity contribution in [3.05, 3.63) is 50.1 Å². The molecule has 0 aliphatic carbocycles. The lowest BCUT2D eigenvalue weighted by Crippen LogP contribution is -2.23. The number of rotatable bonds is 3. The summed E-state index contributed by atoms with van der Waals surface area (Å²) in [6.45, 7) is 2.60. The molecular weight excluding hydrogens is 330 g/mol. The number of hydrogen-bond donors (Lipinski definition) is 2. The standard InChI is InChI=1S/C13H12BrNOS2/c1-8-6-18-7-9(8)5-15-13(16)11-4-10(17)2-3-12(11)14/h2-4,6-7,17H,5H2,1H3,(H,15,16). The number of thiophene rings is 1. The predicted molar refractivity (Wildman–Crippen MR) is 81.6 cm³/mol. The molecule has 5 heteroatoms. The van der Waals surface area contributed by atoms with Crippen LogP contribution in [-0.4, -0.2) is 5.91 Å². The molecule has 2 rings (SSSR count). The Kier molecular flexibility index (Phi) is 4.48. The van der Waals surface area contributed by atoms with E-state index < -0.39 is 0 Å². The van der Waals surface area contributed by atoms with Crippen LogP contribution in [0.4, 0.5) is 0 Å². The van der Waals surface area contributed by atoms with Crippen molar-refractivity contribution < 1.29 is 4.79 Å². The van der Waals surface area contributed by atoms with Crippen LogP contribution in [0, 0.1) is 6.92 Å². The minimum Gasteiger partial charge on any atom is -0.348 e. The second kappa shape index (κ2) is 5.91. The smallest absolute Gasteiger partial charge is 0.252 e. The van der Waals surface area contributed by atoms with Crippen LogP contribution >= 0.6 is 39.9 Å². The first kappa shape index (κ1) is 13.6. The molecule has 0 radical (unpaired) electrons. The Morgan fingerprint density at radius 1 is 1.44 bits per heavy atom. The summed E-state index contributed by atoms with van der Waals surface area (Å²) in [6, 6.07) is 5.42. The van der Waals surface area contributed by atoms with Gasteiger partial charge < -0.3 is 5.32 Å². The SMILES string of the molecule is Cc1cscc1CNC(=O)c1cc(S)ccc1Br. The van der Waals surface area contributed by atoms with E-state index in [4.69, 9.17) is 0 Å². The molecule has 1 N–H and O–H groups in total. The fourth-order valence-corrected chi connectivity index (χ4v) is 3.01. The maximum atomic E-state index is 12.1. The zero-order valence-corrected chi connectivity index (χ0v) is 13.0. The summed E-state index contributed by atoms with van der Waals surface area (Å²) in [5.41, 5.74) is 2.98. The van der Waals surface area contributed by atoms with Gasteiger partial charge in [-0.25, -0.2) is 0 Å². The molecule has 0 unspecified atom stereocenters. The molecule has 1 amide bonds. The predicted octanol–water partition coefficient (Wildman–Crippen LogP) is 4.04. The third kappa shape index (κ3) is 3.16. The van der Waals surface area contributed by atoms with Crippen molar-refractivity contribution in [1.29, 1.82) is 0 Å². The lowest BCUT2D eigenvalue weighted by atomic mass is 10.2. The zero-order chi connectivity index (χ0) is 13.1. The molecule has 0 saturated heterocycles. The van der Waals surface area contributed by atoms with Gasteiger partial charge in [-0.2, -0.15) is 11.3 Å². The fraction of sp³-hybridized carbons (Fsp3) is 0.154. The molecule has 0 spiro atoms. The summed E-state index contributed by atoms with van der Waals surface area (Å²) in [5, 5.41) is 7.04. The first-order valence-electron chi connectivity index (χ1n) is 5.36. The third-order valence-corrected chi connectivity index (χ3v) is 4.48. The molecule has 0 aliphatic heterocycles. The molecule has 0 atom stereocenters. The van der Waals surface area contributed by atoms with Crippen LogP contribution in [0.15, 0.2) is 38.3 Å². The van der Waals surface area contributed by atoms with Gasteiger partial charge in [-0.15, -0.1) is 12.6 Å². The minimum absolute atomic E-state index is 0.0941. The van der Waals surface area contributed by atoms with Crippen molar-refractivity contribution in [2.75, 3.05) is 0 Å². The highest BCUT2D eigenvalue weighted by atomic mass is 79.9. The van der Waals surface area contributed by atoms with Gasteiger partial charge in [-0.3, -0.25) is 4.79 Å². The number of nitrogens with one attached hydrogen (secondary N) is 1. The quantitative estimate of drug-likeness (QED) is 0.810. The summed E-state index contributed by atoms with van der Waals surface area (Å²) in [6.07, 6.45) is 0. The normalized spacial score (nSPS) is 10.4. The van der Waals surface area contributed by atoms with Crippen LogP contribution in [0.3, 0.4) is 0 Å². The Labute approximate surface area is 124 Å². The van der Waals surface area contributed by atoms with Gasteiger partial charge in [0.05, 0.1) is 5.56 Å². The van der Waals surface area contributed by atoms with Gasteiger partial charge in [0, 0.05) is 15.9 Å². The van der Waals surface area contributed by atoms with Crippen molar-refractivity contribution in [2.45, 2.75) is 18.4 Å². The lowest BCUT2D eigenvalue weighted by molar-refractivity contribution is 0.0950. The molecule has 1 aromatic carbocycles. The molecule has 2 nitrogen and oxygen atoms in total. The van der Waals surface area contributed by atoms with E-state index in [-0.39, 0.29) is 5.91 Å². The highest BCUT2D eigenvalue weighted by Crippen LogP contribution is 2.20. The highest BCUT2D eigenvalue weighted by molar-refractivity contribution is 9.10. The Hall–Kier alpha value is -0.780. The largest absolute Gasteiger partial charge is 0.348 e. The van der Waals surface area contributed by atoms with Crippen molar-refractivity contribution in [1.82, 2.24) is 5.32 Å². The lowest BCUT2D eigenvalue weighted by Gasteiger charge is -2.07. The molecule has 2 aromatic rings. The van der Waals surface area contributed by atoms with Gasteiger partial charge in [-0.05, 0) is 62.9 Å². The molecule has 94 valence electrons. The van der Waals surface area contributed by atoms with Crippen molar-refractivity contribution >= 4 is 45.8 Å². The summed E-state index contributed by atoms with van der Waals surface area (Å²) in [5.74, 6) is -0.0941. The number of amides is 1. The third-order valence-electron chi connectivity index (χ3n) is 2.60. The number of thiol groups is 1. The maximum absolute atomic E-state index is 12.1. The molecular formula is C13H12BrNOS2. The number of aryl methyl sites for hydroxylation is 1. The molecule has 1 heterocycles. The van der Waals surface area contributed by atoms with Crippen molar-refractivity contribution in [2.24, 2.45) is 0 Å². The molecule has 0 fully saturated rings. The second-order valence-corrected chi connectivity index (χ2v) is 6.04. The molecule has 1 aromatic heterocycles. The van der Waals surface area contributed by atoms with Crippen LogP contribution in [0.25, 0.3) is 0 Å². The molecule has 18 heavy (non-hydrogen) atoms. The van der Waals surface area contributed by atoms with E-state index in [1.54, 1.807) is 17.4 Å². The summed E-state index contributed by atoms with van der Waals surface area (Å²) < 4.78 is 0.778. The van der Waals surface area contributed by atoms with Gasteiger partial charge in [0.2, 0.25) is 0 Å². The van der Waals surface area contributed by atoms with Crippen LogP contribution in [0.2, 0.25) is 0 Å². The summed E-state index contributed by atoms with van der Waals surface area (Å²) >= 11 is 9.26. The molecule has 0 saturated carbocycles. The monoisotopic (exact) mass is 341 g/mol. The van der Waals surface area contributed by atoms with Crippen LogP contribution < -0.4 is 5.32 Å². The first-order chi connectivity index (χ1) is 8.58. The Bertz CT molecular complexity index is 580. The van der Waals surface area contributed by atoms with E-state index in [2.05, 4.69) is 44.6 Å². The average Bonchev–Trinajstić information content (AvgIpc) is 2.75. The molecule has 0 bridgehead atoms. The van der Waals surface area contributed by atoms with E-state index in [1.807, 2.05) is 19.1 Å². The zero-order valence-electron chi connectivity index (χ0n) is 9.74. The van der Waals surface area contributed by atoms with Crippen molar-refractivity contribution in [3.63, 3.8) is 0 Å². The Morgan fingerprint density at radius 3 is 2.89 bits per heavy atom. The highest BCUT2D eigenvalue weighted by Gasteiger charge is 2.10. The number of halogens is 1. The maximum Gasteiger partial charge on any atom is 0.252 e. The van der Waals surface area contributed by atoms with Gasteiger partial charge >= 0.3 is 0 Å². The fourth-order valence-electron chi connectivity index (χ4n) is 1.53. The van der Waals surface area contributed by atoms with E-state index >= 15 is 0 Å². The van der Waals surface area contributed by atoms with Gasteiger partial charge in [0.15, 0.2) is 0 Å².